The molecule has 29 heavy (non-hydrogen) atoms. The zero-order valence-electron chi connectivity index (χ0n) is 17.7. The number of aryl methyl sites for hydroxylation is 2. The highest BCUT2D eigenvalue weighted by atomic mass is 32.1. The number of nitrogens with zero attached hydrogens (tertiary/aromatic N) is 3. The van der Waals surface area contributed by atoms with E-state index in [-0.39, 0.29) is 22.5 Å². The van der Waals surface area contributed by atoms with E-state index in [0.717, 1.165) is 29.1 Å². The van der Waals surface area contributed by atoms with E-state index in [4.69, 9.17) is 12.2 Å². The van der Waals surface area contributed by atoms with Gasteiger partial charge in [-0.05, 0) is 74.3 Å². The lowest BCUT2D eigenvalue weighted by atomic mass is 10.1. The van der Waals surface area contributed by atoms with Crippen LogP contribution in [0.15, 0.2) is 35.9 Å². The number of unbranched alkanes of at least 4 members (excludes halogenated alkanes) is 1. The lowest BCUT2D eigenvalue weighted by Crippen LogP contribution is -2.52. The fraction of sp³-hybridized carbons (Fsp3) is 0.348. The maximum absolute atomic E-state index is 12.6. The third kappa shape index (κ3) is 3.90. The first kappa shape index (κ1) is 21.0. The predicted molar refractivity (Wildman–Crippen MR) is 120 cm³/mol. The molecule has 0 atom stereocenters. The molecular formula is C23H27N3O2S. The van der Waals surface area contributed by atoms with Crippen LogP contribution in [0.1, 0.15) is 42.3 Å². The van der Waals surface area contributed by atoms with Crippen LogP contribution in [0, 0.1) is 13.8 Å². The van der Waals surface area contributed by atoms with Gasteiger partial charge >= 0.3 is 0 Å². The number of aromatic nitrogens is 1. The van der Waals surface area contributed by atoms with Crippen LogP contribution in [0.5, 0.6) is 0 Å². The summed E-state index contributed by atoms with van der Waals surface area (Å²) < 4.78 is 2.14. The molecule has 152 valence electrons. The van der Waals surface area contributed by atoms with Crippen LogP contribution in [0.25, 0.3) is 11.8 Å². The maximum Gasteiger partial charge on any atom is 0.265 e. The van der Waals surface area contributed by atoms with Crippen LogP contribution in [-0.2, 0) is 16.0 Å². The molecule has 1 fully saturated rings. The fourth-order valence-corrected chi connectivity index (χ4v) is 3.82. The van der Waals surface area contributed by atoms with Gasteiger partial charge < -0.3 is 4.57 Å². The normalized spacial score (nSPS) is 14.8. The molecule has 2 heterocycles. The number of likely N-dealkylation sites (N-methyl/N-ethyl adjacent to an activating group) is 2. The molecule has 0 unspecified atom stereocenters. The van der Waals surface area contributed by atoms with E-state index in [1.807, 2.05) is 19.9 Å². The molecule has 0 saturated carbocycles. The third-order valence-electron chi connectivity index (χ3n) is 5.43. The number of carbonyl (C=O) groups excluding carboxylic acids is 2. The molecule has 1 aromatic heterocycles. The summed E-state index contributed by atoms with van der Waals surface area (Å²) >= 11 is 5.15. The number of carbonyl (C=O) groups is 2. The molecule has 2 amide bonds. The molecule has 2 aromatic rings. The minimum absolute atomic E-state index is 0.124. The van der Waals surface area contributed by atoms with E-state index >= 15 is 0 Å². The summed E-state index contributed by atoms with van der Waals surface area (Å²) in [5.74, 6) is -0.744. The summed E-state index contributed by atoms with van der Waals surface area (Å²) in [7, 11) is 3.18. The third-order valence-corrected chi connectivity index (χ3v) is 5.98. The summed E-state index contributed by atoms with van der Waals surface area (Å²) in [6.45, 7) is 6.22. The highest BCUT2D eigenvalue weighted by Gasteiger charge is 2.35. The van der Waals surface area contributed by atoms with Gasteiger partial charge in [0.2, 0.25) is 0 Å². The smallest absolute Gasteiger partial charge is 0.265 e. The molecular weight excluding hydrogens is 382 g/mol. The van der Waals surface area contributed by atoms with Crippen molar-refractivity contribution in [2.24, 2.45) is 0 Å². The number of hydrogen-bond donors (Lipinski definition) is 0. The Hall–Kier alpha value is -2.73. The van der Waals surface area contributed by atoms with Crippen molar-refractivity contribution in [3.05, 3.63) is 58.4 Å². The van der Waals surface area contributed by atoms with Crippen molar-refractivity contribution in [3.63, 3.8) is 0 Å². The zero-order valence-corrected chi connectivity index (χ0v) is 18.5. The van der Waals surface area contributed by atoms with Gasteiger partial charge in [-0.1, -0.05) is 25.5 Å². The predicted octanol–water partition coefficient (Wildman–Crippen LogP) is 4.04. The molecule has 6 heteroatoms. The Labute approximate surface area is 177 Å². The average Bonchev–Trinajstić information content (AvgIpc) is 3.00. The lowest BCUT2D eigenvalue weighted by molar-refractivity contribution is -0.132. The molecule has 0 aliphatic carbocycles. The van der Waals surface area contributed by atoms with Crippen molar-refractivity contribution in [3.8, 4) is 5.69 Å². The first-order chi connectivity index (χ1) is 13.8. The zero-order chi connectivity index (χ0) is 21.3. The second-order valence-electron chi connectivity index (χ2n) is 7.50. The number of amides is 2. The first-order valence-corrected chi connectivity index (χ1v) is 10.3. The van der Waals surface area contributed by atoms with Crippen molar-refractivity contribution in [2.75, 3.05) is 14.1 Å². The maximum atomic E-state index is 12.6. The molecule has 1 saturated heterocycles. The molecule has 1 aliphatic rings. The SMILES string of the molecule is CCCCc1ccc(-n2c(C)cc(C=C3C(=O)N(C)C(=S)N(C)C3=O)c2C)cc1. The summed E-state index contributed by atoms with van der Waals surface area (Å²) in [6, 6.07) is 10.6. The van der Waals surface area contributed by atoms with Gasteiger partial charge in [0.1, 0.15) is 5.57 Å². The standard InChI is InChI=1S/C23H27N3O2S/c1-6-7-8-17-9-11-19(12-10-17)26-15(2)13-18(16(26)3)14-20-21(27)24(4)23(29)25(5)22(20)28/h9-14H,6-8H2,1-5H3. The van der Waals surface area contributed by atoms with Crippen molar-refractivity contribution < 1.29 is 9.59 Å². The second kappa shape index (κ2) is 8.33. The van der Waals surface area contributed by atoms with E-state index in [0.29, 0.717) is 0 Å². The first-order valence-electron chi connectivity index (χ1n) is 9.86. The van der Waals surface area contributed by atoms with Crippen LogP contribution >= 0.6 is 12.2 Å². The Kier molecular flexibility index (Phi) is 6.03. The van der Waals surface area contributed by atoms with Gasteiger partial charge in [-0.3, -0.25) is 19.4 Å². The molecule has 3 rings (SSSR count). The van der Waals surface area contributed by atoms with Crippen LogP contribution in [0.4, 0.5) is 0 Å². The average molecular weight is 410 g/mol. The Morgan fingerprint density at radius 1 is 1.00 bits per heavy atom. The van der Waals surface area contributed by atoms with E-state index in [9.17, 15) is 9.59 Å². The number of thiocarbonyl (C=S) groups is 1. The van der Waals surface area contributed by atoms with Gasteiger partial charge in [-0.25, -0.2) is 0 Å². The number of hydrogen-bond acceptors (Lipinski definition) is 3. The Bertz CT molecular complexity index is 976. The van der Waals surface area contributed by atoms with E-state index < -0.39 is 0 Å². The lowest BCUT2D eigenvalue weighted by Gasteiger charge is -2.31. The van der Waals surface area contributed by atoms with Crippen molar-refractivity contribution in [1.29, 1.82) is 0 Å². The monoisotopic (exact) mass is 409 g/mol. The highest BCUT2D eigenvalue weighted by Crippen LogP contribution is 2.25. The molecule has 1 aromatic carbocycles. The summed E-state index contributed by atoms with van der Waals surface area (Å²) in [5.41, 5.74) is 5.41. The van der Waals surface area contributed by atoms with Crippen LogP contribution < -0.4 is 0 Å². The van der Waals surface area contributed by atoms with E-state index in [2.05, 4.69) is 35.8 Å². The Morgan fingerprint density at radius 2 is 1.59 bits per heavy atom. The van der Waals surface area contributed by atoms with Crippen LogP contribution in [-0.4, -0.2) is 45.4 Å². The number of rotatable bonds is 5. The largest absolute Gasteiger partial charge is 0.318 e. The van der Waals surface area contributed by atoms with Crippen LogP contribution in [0.2, 0.25) is 0 Å². The second-order valence-corrected chi connectivity index (χ2v) is 7.87. The van der Waals surface area contributed by atoms with Gasteiger partial charge in [0, 0.05) is 31.2 Å². The van der Waals surface area contributed by atoms with Crippen molar-refractivity contribution in [1.82, 2.24) is 14.4 Å². The number of benzene rings is 1. The molecule has 0 radical (unpaired) electrons. The summed E-state index contributed by atoms with van der Waals surface area (Å²) in [6.07, 6.45) is 5.13. The van der Waals surface area contributed by atoms with Gasteiger partial charge in [0.15, 0.2) is 5.11 Å². The van der Waals surface area contributed by atoms with Gasteiger partial charge in [-0.15, -0.1) is 0 Å². The molecule has 1 aliphatic heterocycles. The van der Waals surface area contributed by atoms with E-state index in [1.54, 1.807) is 20.2 Å². The minimum atomic E-state index is -0.372. The van der Waals surface area contributed by atoms with Gasteiger partial charge in [0.05, 0.1) is 0 Å². The van der Waals surface area contributed by atoms with Gasteiger partial charge in [0.25, 0.3) is 11.8 Å². The van der Waals surface area contributed by atoms with Crippen molar-refractivity contribution in [2.45, 2.75) is 40.0 Å². The van der Waals surface area contributed by atoms with Crippen LogP contribution in [0.3, 0.4) is 0 Å². The molecule has 0 bridgehead atoms. The minimum Gasteiger partial charge on any atom is -0.318 e. The topological polar surface area (TPSA) is 45.6 Å². The molecule has 0 spiro atoms. The molecule has 0 N–H and O–H groups in total. The Morgan fingerprint density at radius 3 is 2.14 bits per heavy atom. The summed E-state index contributed by atoms with van der Waals surface area (Å²) in [4.78, 5) is 27.9. The Balaban J connectivity index is 1.97. The molecule has 5 nitrogen and oxygen atoms in total. The van der Waals surface area contributed by atoms with Gasteiger partial charge in [-0.2, -0.15) is 0 Å². The van der Waals surface area contributed by atoms with Crippen molar-refractivity contribution >= 4 is 35.2 Å². The quantitative estimate of drug-likeness (QED) is 0.425. The highest BCUT2D eigenvalue weighted by molar-refractivity contribution is 7.80. The fourth-order valence-electron chi connectivity index (χ4n) is 3.65. The summed E-state index contributed by atoms with van der Waals surface area (Å²) in [5, 5.41) is 0.214. The van der Waals surface area contributed by atoms with E-state index in [1.165, 1.54) is 28.2 Å².